The van der Waals surface area contributed by atoms with Crippen LogP contribution in [0.2, 0.25) is 0 Å². The summed E-state index contributed by atoms with van der Waals surface area (Å²) in [5.74, 6) is -0.107. The lowest BCUT2D eigenvalue weighted by molar-refractivity contribution is -0.123. The van der Waals surface area contributed by atoms with Crippen LogP contribution in [0.5, 0.6) is 0 Å². The average molecular weight is 214 g/mol. The van der Waals surface area contributed by atoms with Crippen LogP contribution in [0, 0.1) is 5.41 Å². The molecular formula is C14H14O2. The van der Waals surface area contributed by atoms with E-state index in [9.17, 15) is 9.59 Å². The molecule has 1 atom stereocenters. The predicted molar refractivity (Wildman–Crippen MR) is 62.4 cm³/mol. The number of fused-ring (bicyclic) bond motifs is 1. The molecule has 16 heavy (non-hydrogen) atoms. The van der Waals surface area contributed by atoms with E-state index in [0.717, 1.165) is 5.56 Å². The van der Waals surface area contributed by atoms with E-state index in [4.69, 9.17) is 0 Å². The van der Waals surface area contributed by atoms with Crippen molar-refractivity contribution in [3.63, 3.8) is 0 Å². The molecule has 0 saturated carbocycles. The van der Waals surface area contributed by atoms with Crippen LogP contribution in [-0.4, -0.2) is 11.6 Å². The number of carbonyl (C=O) groups excluding carboxylic acids is 2. The summed E-state index contributed by atoms with van der Waals surface area (Å²) in [7, 11) is 0. The third kappa shape index (κ3) is 1.33. The SMILES string of the molecule is C=CCC1(C(C)=O)Cc2ccccc2C1=O. The van der Waals surface area contributed by atoms with Crippen molar-refractivity contribution in [3.05, 3.63) is 48.0 Å². The molecule has 2 heteroatoms. The van der Waals surface area contributed by atoms with Crippen molar-refractivity contribution in [1.82, 2.24) is 0 Å². The molecule has 0 aromatic heterocycles. The zero-order valence-electron chi connectivity index (χ0n) is 9.32. The lowest BCUT2D eigenvalue weighted by Crippen LogP contribution is -2.35. The second-order valence-electron chi connectivity index (χ2n) is 4.29. The van der Waals surface area contributed by atoms with Crippen molar-refractivity contribution < 1.29 is 9.59 Å². The second-order valence-corrected chi connectivity index (χ2v) is 4.29. The molecule has 0 amide bonds. The Morgan fingerprint density at radius 1 is 1.50 bits per heavy atom. The lowest BCUT2D eigenvalue weighted by Gasteiger charge is -2.22. The maximum absolute atomic E-state index is 12.3. The predicted octanol–water partition coefficient (Wildman–Crippen LogP) is 2.58. The van der Waals surface area contributed by atoms with Crippen LogP contribution in [0.1, 0.15) is 29.3 Å². The quantitative estimate of drug-likeness (QED) is 0.572. The van der Waals surface area contributed by atoms with Crippen LogP contribution in [0.15, 0.2) is 36.9 Å². The first kappa shape index (κ1) is 10.8. The topological polar surface area (TPSA) is 34.1 Å². The molecule has 1 aromatic carbocycles. The van der Waals surface area contributed by atoms with Gasteiger partial charge in [0.05, 0.1) is 5.41 Å². The minimum atomic E-state index is -0.883. The van der Waals surface area contributed by atoms with Crippen molar-refractivity contribution in [2.24, 2.45) is 5.41 Å². The number of allylic oxidation sites excluding steroid dienone is 1. The summed E-state index contributed by atoms with van der Waals surface area (Å²) < 4.78 is 0. The fourth-order valence-electron chi connectivity index (χ4n) is 2.40. The highest BCUT2D eigenvalue weighted by Crippen LogP contribution is 2.40. The Morgan fingerprint density at radius 2 is 2.19 bits per heavy atom. The minimum absolute atomic E-state index is 0.0458. The standard InChI is InChI=1S/C14H14O2/c1-3-8-14(10(2)15)9-11-6-4-5-7-12(11)13(14)16/h3-7H,1,8-9H2,2H3. The Hall–Kier alpha value is -1.70. The largest absolute Gasteiger partial charge is 0.299 e. The van der Waals surface area contributed by atoms with Crippen LogP contribution < -0.4 is 0 Å². The number of hydrogen-bond acceptors (Lipinski definition) is 2. The summed E-state index contributed by atoms with van der Waals surface area (Å²) in [5.41, 5.74) is 0.787. The van der Waals surface area contributed by atoms with E-state index in [1.807, 2.05) is 18.2 Å². The molecule has 2 rings (SSSR count). The number of rotatable bonds is 3. The summed E-state index contributed by atoms with van der Waals surface area (Å²) in [4.78, 5) is 24.0. The average Bonchev–Trinajstić information content (AvgIpc) is 2.55. The molecule has 1 aliphatic rings. The molecule has 0 aliphatic heterocycles. The van der Waals surface area contributed by atoms with Gasteiger partial charge in [-0.05, 0) is 25.3 Å². The molecular weight excluding hydrogens is 200 g/mol. The van der Waals surface area contributed by atoms with E-state index in [-0.39, 0.29) is 11.6 Å². The van der Waals surface area contributed by atoms with Crippen LogP contribution in [-0.2, 0) is 11.2 Å². The molecule has 0 fully saturated rings. The maximum Gasteiger partial charge on any atom is 0.177 e. The smallest absolute Gasteiger partial charge is 0.177 e. The summed E-state index contributed by atoms with van der Waals surface area (Å²) >= 11 is 0. The number of benzene rings is 1. The van der Waals surface area contributed by atoms with E-state index in [0.29, 0.717) is 18.4 Å². The van der Waals surface area contributed by atoms with Crippen LogP contribution in [0.4, 0.5) is 0 Å². The van der Waals surface area contributed by atoms with E-state index in [1.54, 1.807) is 12.1 Å². The van der Waals surface area contributed by atoms with Gasteiger partial charge in [0, 0.05) is 5.56 Å². The minimum Gasteiger partial charge on any atom is -0.299 e. The summed E-state index contributed by atoms with van der Waals surface area (Å²) in [6, 6.07) is 7.45. The highest BCUT2D eigenvalue weighted by Gasteiger charge is 2.47. The van der Waals surface area contributed by atoms with Crippen LogP contribution in [0.25, 0.3) is 0 Å². The number of ketones is 2. The van der Waals surface area contributed by atoms with Gasteiger partial charge >= 0.3 is 0 Å². The Labute approximate surface area is 95.0 Å². The molecule has 1 unspecified atom stereocenters. The van der Waals surface area contributed by atoms with Gasteiger partial charge in [0.15, 0.2) is 5.78 Å². The zero-order valence-corrected chi connectivity index (χ0v) is 9.32. The van der Waals surface area contributed by atoms with Crippen molar-refractivity contribution >= 4 is 11.6 Å². The molecule has 0 saturated heterocycles. The van der Waals surface area contributed by atoms with Gasteiger partial charge in [-0.2, -0.15) is 0 Å². The third-order valence-electron chi connectivity index (χ3n) is 3.36. The zero-order chi connectivity index (χ0) is 11.8. The third-order valence-corrected chi connectivity index (χ3v) is 3.36. The first-order chi connectivity index (χ1) is 7.62. The Morgan fingerprint density at radius 3 is 2.75 bits per heavy atom. The van der Waals surface area contributed by atoms with Gasteiger partial charge in [0.25, 0.3) is 0 Å². The normalized spacial score (nSPS) is 22.9. The van der Waals surface area contributed by atoms with Gasteiger partial charge in [-0.15, -0.1) is 6.58 Å². The van der Waals surface area contributed by atoms with Crippen molar-refractivity contribution in [2.45, 2.75) is 19.8 Å². The molecule has 1 aliphatic carbocycles. The molecule has 0 spiro atoms. The van der Waals surface area contributed by atoms with E-state index in [2.05, 4.69) is 6.58 Å². The number of Topliss-reactive ketones (excluding diaryl/α,β-unsaturated/α-hetero) is 2. The Kier molecular flexibility index (Phi) is 2.50. The van der Waals surface area contributed by atoms with Gasteiger partial charge < -0.3 is 0 Å². The second kappa shape index (κ2) is 3.71. The van der Waals surface area contributed by atoms with Crippen molar-refractivity contribution in [3.8, 4) is 0 Å². The summed E-state index contributed by atoms with van der Waals surface area (Å²) in [6.45, 7) is 5.14. The molecule has 0 N–H and O–H groups in total. The van der Waals surface area contributed by atoms with E-state index >= 15 is 0 Å². The number of carbonyl (C=O) groups is 2. The first-order valence-corrected chi connectivity index (χ1v) is 5.36. The number of hydrogen-bond donors (Lipinski definition) is 0. The molecule has 0 radical (unpaired) electrons. The van der Waals surface area contributed by atoms with Crippen LogP contribution in [0.3, 0.4) is 0 Å². The Balaban J connectivity index is 2.52. The van der Waals surface area contributed by atoms with Crippen LogP contribution >= 0.6 is 0 Å². The Bertz CT molecular complexity index is 473. The van der Waals surface area contributed by atoms with E-state index < -0.39 is 5.41 Å². The monoisotopic (exact) mass is 214 g/mol. The maximum atomic E-state index is 12.3. The molecule has 82 valence electrons. The van der Waals surface area contributed by atoms with Crippen molar-refractivity contribution in [2.75, 3.05) is 0 Å². The van der Waals surface area contributed by atoms with Gasteiger partial charge in [0.2, 0.25) is 0 Å². The van der Waals surface area contributed by atoms with E-state index in [1.165, 1.54) is 6.92 Å². The molecule has 1 aromatic rings. The van der Waals surface area contributed by atoms with Gasteiger partial charge in [-0.3, -0.25) is 9.59 Å². The molecule has 0 bridgehead atoms. The molecule has 2 nitrogen and oxygen atoms in total. The molecule has 0 heterocycles. The van der Waals surface area contributed by atoms with Crippen molar-refractivity contribution in [1.29, 1.82) is 0 Å². The fraction of sp³-hybridized carbons (Fsp3) is 0.286. The summed E-state index contributed by atoms with van der Waals surface area (Å²) in [6.07, 6.45) is 2.60. The lowest BCUT2D eigenvalue weighted by atomic mass is 9.77. The van der Waals surface area contributed by atoms with Gasteiger partial charge in [-0.1, -0.05) is 30.3 Å². The highest BCUT2D eigenvalue weighted by atomic mass is 16.2. The first-order valence-electron chi connectivity index (χ1n) is 5.36. The fourth-order valence-corrected chi connectivity index (χ4v) is 2.40. The summed E-state index contributed by atoms with van der Waals surface area (Å²) in [5, 5.41) is 0. The van der Waals surface area contributed by atoms with Gasteiger partial charge in [-0.25, -0.2) is 0 Å². The van der Waals surface area contributed by atoms with Gasteiger partial charge in [0.1, 0.15) is 5.78 Å². The highest BCUT2D eigenvalue weighted by molar-refractivity contribution is 6.17.